The van der Waals surface area contributed by atoms with Crippen molar-refractivity contribution in [2.75, 3.05) is 5.32 Å². The number of amides is 2. The summed E-state index contributed by atoms with van der Waals surface area (Å²) in [7, 11) is 0. The van der Waals surface area contributed by atoms with Gasteiger partial charge in [0.2, 0.25) is 11.8 Å². The second-order valence-corrected chi connectivity index (χ2v) is 6.08. The zero-order valence-electron chi connectivity index (χ0n) is 13.2. The van der Waals surface area contributed by atoms with Crippen LogP contribution in [0.3, 0.4) is 0 Å². The fourth-order valence-corrected chi connectivity index (χ4v) is 3.23. The van der Waals surface area contributed by atoms with Crippen molar-refractivity contribution in [2.45, 2.75) is 31.6 Å². The number of carbonyl (C=O) groups is 2. The number of benzene rings is 2. The highest BCUT2D eigenvalue weighted by molar-refractivity contribution is 5.95. The largest absolute Gasteiger partial charge is 0.366 e. The molecule has 0 heterocycles. The second kappa shape index (κ2) is 6.83. The van der Waals surface area contributed by atoms with E-state index in [1.807, 2.05) is 12.1 Å². The van der Waals surface area contributed by atoms with E-state index < -0.39 is 11.7 Å². The van der Waals surface area contributed by atoms with Gasteiger partial charge in [0, 0.05) is 12.0 Å². The molecule has 0 saturated heterocycles. The molecule has 1 aliphatic carbocycles. The Kier molecular flexibility index (Phi) is 4.60. The van der Waals surface area contributed by atoms with Gasteiger partial charge in [-0.25, -0.2) is 4.39 Å². The molecule has 2 aromatic carbocycles. The number of aryl methyl sites for hydroxylation is 1. The quantitative estimate of drug-likeness (QED) is 0.884. The highest BCUT2D eigenvalue weighted by Crippen LogP contribution is 2.36. The Hall–Kier alpha value is -2.69. The second-order valence-electron chi connectivity index (χ2n) is 6.08. The maximum atomic E-state index is 13.9. The van der Waals surface area contributed by atoms with Gasteiger partial charge < -0.3 is 11.1 Å². The molecule has 2 amide bonds. The highest BCUT2D eigenvalue weighted by Gasteiger charge is 2.22. The lowest BCUT2D eigenvalue weighted by Gasteiger charge is -2.12. The van der Waals surface area contributed by atoms with Crippen molar-refractivity contribution < 1.29 is 14.0 Å². The lowest BCUT2D eigenvalue weighted by atomic mass is 9.96. The van der Waals surface area contributed by atoms with Crippen molar-refractivity contribution in [1.82, 2.24) is 0 Å². The van der Waals surface area contributed by atoms with Crippen LogP contribution in [-0.2, 0) is 11.2 Å². The summed E-state index contributed by atoms with van der Waals surface area (Å²) in [6.07, 6.45) is 3.17. The van der Waals surface area contributed by atoms with Crippen LogP contribution in [0.5, 0.6) is 0 Å². The molecule has 0 spiro atoms. The summed E-state index contributed by atoms with van der Waals surface area (Å²) >= 11 is 0. The molecule has 3 rings (SSSR count). The Labute approximate surface area is 139 Å². The van der Waals surface area contributed by atoms with E-state index in [2.05, 4.69) is 17.4 Å². The van der Waals surface area contributed by atoms with Crippen LogP contribution in [-0.4, -0.2) is 11.8 Å². The van der Waals surface area contributed by atoms with Gasteiger partial charge in [-0.15, -0.1) is 0 Å². The molecule has 4 nitrogen and oxygen atoms in total. The van der Waals surface area contributed by atoms with E-state index in [0.717, 1.165) is 25.3 Å². The van der Waals surface area contributed by atoms with E-state index >= 15 is 0 Å². The average molecular weight is 326 g/mol. The molecule has 0 fully saturated rings. The normalized spacial score (nSPS) is 15.8. The molecule has 0 aromatic heterocycles. The van der Waals surface area contributed by atoms with E-state index in [-0.39, 0.29) is 17.2 Å². The third kappa shape index (κ3) is 3.45. The van der Waals surface area contributed by atoms with Crippen molar-refractivity contribution in [3.8, 4) is 0 Å². The highest BCUT2D eigenvalue weighted by atomic mass is 19.1. The molecule has 0 saturated carbocycles. The molecular formula is C19H19FN2O2. The molecule has 5 heteroatoms. The maximum absolute atomic E-state index is 13.9. The zero-order chi connectivity index (χ0) is 17.1. The summed E-state index contributed by atoms with van der Waals surface area (Å²) in [5, 5.41) is 2.56. The summed E-state index contributed by atoms with van der Waals surface area (Å²) in [4.78, 5) is 23.1. The average Bonchev–Trinajstić information content (AvgIpc) is 2.98. The topological polar surface area (TPSA) is 72.2 Å². The van der Waals surface area contributed by atoms with Crippen molar-refractivity contribution in [1.29, 1.82) is 0 Å². The molecule has 0 radical (unpaired) electrons. The molecule has 3 N–H and O–H groups in total. The van der Waals surface area contributed by atoms with Crippen LogP contribution in [0.2, 0.25) is 0 Å². The van der Waals surface area contributed by atoms with Crippen LogP contribution in [0.4, 0.5) is 10.1 Å². The van der Waals surface area contributed by atoms with Crippen molar-refractivity contribution in [3.63, 3.8) is 0 Å². The Morgan fingerprint density at radius 3 is 2.75 bits per heavy atom. The van der Waals surface area contributed by atoms with Crippen LogP contribution >= 0.6 is 0 Å². The van der Waals surface area contributed by atoms with Gasteiger partial charge in [-0.2, -0.15) is 0 Å². The van der Waals surface area contributed by atoms with Crippen LogP contribution in [0.1, 0.15) is 46.7 Å². The van der Waals surface area contributed by atoms with Gasteiger partial charge in [-0.05, 0) is 54.5 Å². The maximum Gasteiger partial charge on any atom is 0.248 e. The molecule has 1 unspecified atom stereocenters. The number of hydrogen-bond donors (Lipinski definition) is 2. The Morgan fingerprint density at radius 2 is 2.00 bits per heavy atom. The molecule has 0 bridgehead atoms. The zero-order valence-corrected chi connectivity index (χ0v) is 13.2. The molecule has 1 atom stereocenters. The Balaban J connectivity index is 1.58. The SMILES string of the molecule is NC(=O)c1ccc(NC(=O)CCC2CCc3ccccc32)c(F)c1. The first-order valence-corrected chi connectivity index (χ1v) is 8.01. The first-order chi connectivity index (χ1) is 11.5. The number of anilines is 1. The van der Waals surface area contributed by atoms with Crippen LogP contribution < -0.4 is 11.1 Å². The molecular weight excluding hydrogens is 307 g/mol. The minimum atomic E-state index is -0.702. The number of fused-ring (bicyclic) bond motifs is 1. The Morgan fingerprint density at radius 1 is 1.21 bits per heavy atom. The third-order valence-corrected chi connectivity index (χ3v) is 4.50. The first-order valence-electron chi connectivity index (χ1n) is 8.01. The van der Waals surface area contributed by atoms with Gasteiger partial charge in [0.15, 0.2) is 0 Å². The number of hydrogen-bond acceptors (Lipinski definition) is 2. The van der Waals surface area contributed by atoms with E-state index in [1.165, 1.54) is 23.3 Å². The van der Waals surface area contributed by atoms with E-state index in [9.17, 15) is 14.0 Å². The minimum Gasteiger partial charge on any atom is -0.366 e. The minimum absolute atomic E-state index is 0.0665. The summed E-state index contributed by atoms with van der Waals surface area (Å²) in [6, 6.07) is 12.1. The lowest BCUT2D eigenvalue weighted by Crippen LogP contribution is -2.15. The molecule has 0 aliphatic heterocycles. The van der Waals surface area contributed by atoms with Gasteiger partial charge >= 0.3 is 0 Å². The van der Waals surface area contributed by atoms with Gasteiger partial charge in [-0.3, -0.25) is 9.59 Å². The number of carbonyl (C=O) groups excluding carboxylic acids is 2. The fraction of sp³-hybridized carbons (Fsp3) is 0.263. The fourth-order valence-electron chi connectivity index (χ4n) is 3.23. The number of primary amides is 1. The lowest BCUT2D eigenvalue weighted by molar-refractivity contribution is -0.116. The number of nitrogens with one attached hydrogen (secondary N) is 1. The van der Waals surface area contributed by atoms with Crippen molar-refractivity contribution in [2.24, 2.45) is 5.73 Å². The van der Waals surface area contributed by atoms with Crippen LogP contribution in [0.15, 0.2) is 42.5 Å². The summed E-state index contributed by atoms with van der Waals surface area (Å²) < 4.78 is 13.9. The predicted molar refractivity (Wildman–Crippen MR) is 90.3 cm³/mol. The Bertz CT molecular complexity index is 789. The molecule has 1 aliphatic rings. The summed E-state index contributed by atoms with van der Waals surface area (Å²) in [5.74, 6) is -1.21. The molecule has 24 heavy (non-hydrogen) atoms. The van der Waals surface area contributed by atoms with Crippen molar-refractivity contribution in [3.05, 3.63) is 65.0 Å². The van der Waals surface area contributed by atoms with E-state index in [0.29, 0.717) is 12.3 Å². The third-order valence-electron chi connectivity index (χ3n) is 4.50. The number of halogens is 1. The van der Waals surface area contributed by atoms with Crippen LogP contribution in [0.25, 0.3) is 0 Å². The first kappa shape index (κ1) is 16.2. The van der Waals surface area contributed by atoms with Gasteiger partial charge in [0.1, 0.15) is 5.82 Å². The molecule has 124 valence electrons. The van der Waals surface area contributed by atoms with Gasteiger partial charge in [0.25, 0.3) is 0 Å². The monoisotopic (exact) mass is 326 g/mol. The predicted octanol–water partition coefficient (Wildman–Crippen LogP) is 3.37. The van der Waals surface area contributed by atoms with Crippen LogP contribution in [0, 0.1) is 5.82 Å². The summed E-state index contributed by atoms with van der Waals surface area (Å²) in [5.41, 5.74) is 7.92. The van der Waals surface area contributed by atoms with Gasteiger partial charge in [0.05, 0.1) is 5.69 Å². The standard InChI is InChI=1S/C19H19FN2O2/c20-16-11-14(19(21)24)7-9-17(16)22-18(23)10-8-13-6-5-12-3-1-2-4-15(12)13/h1-4,7,9,11,13H,5-6,8,10H2,(H2,21,24)(H,22,23). The number of nitrogens with two attached hydrogens (primary N) is 1. The smallest absolute Gasteiger partial charge is 0.248 e. The van der Waals surface area contributed by atoms with E-state index in [4.69, 9.17) is 5.73 Å². The number of rotatable bonds is 5. The molecule has 2 aromatic rings. The van der Waals surface area contributed by atoms with Gasteiger partial charge in [-0.1, -0.05) is 24.3 Å². The summed E-state index contributed by atoms with van der Waals surface area (Å²) in [6.45, 7) is 0. The van der Waals surface area contributed by atoms with Crippen molar-refractivity contribution >= 4 is 17.5 Å². The van der Waals surface area contributed by atoms with E-state index in [1.54, 1.807) is 0 Å².